The van der Waals surface area contributed by atoms with Crippen LogP contribution in [-0.2, 0) is 4.74 Å². The summed E-state index contributed by atoms with van der Waals surface area (Å²) < 4.78 is 20.3. The summed E-state index contributed by atoms with van der Waals surface area (Å²) in [6.07, 6.45) is 1.51. The molecule has 0 bridgehead atoms. The molecule has 0 unspecified atom stereocenters. The normalized spacial score (nSPS) is 14.0. The molecular formula is C19H17FN6O. The Bertz CT molecular complexity index is 990. The minimum absolute atomic E-state index is 0.339. The zero-order valence-electron chi connectivity index (χ0n) is 14.5. The van der Waals surface area contributed by atoms with Crippen LogP contribution >= 0.6 is 0 Å². The van der Waals surface area contributed by atoms with E-state index in [1.165, 1.54) is 23.1 Å². The van der Waals surface area contributed by atoms with Gasteiger partial charge in [-0.1, -0.05) is 6.07 Å². The van der Waals surface area contributed by atoms with E-state index in [4.69, 9.17) is 4.74 Å². The first-order valence-electron chi connectivity index (χ1n) is 8.54. The molecule has 2 aromatic carbocycles. The number of nitrogens with zero attached hydrogens (tertiary/aromatic N) is 5. The first kappa shape index (κ1) is 17.0. The largest absolute Gasteiger partial charge is 0.378 e. The minimum Gasteiger partial charge on any atom is -0.378 e. The highest BCUT2D eigenvalue weighted by molar-refractivity contribution is 5.66. The molecule has 0 radical (unpaired) electrons. The number of nitrogens with one attached hydrogen (secondary N) is 1. The second-order valence-corrected chi connectivity index (χ2v) is 6.10. The number of morpholine rings is 1. The number of benzene rings is 2. The van der Waals surface area contributed by atoms with Crippen LogP contribution in [-0.4, -0.2) is 41.1 Å². The Labute approximate surface area is 155 Å². The number of ether oxygens (including phenoxy) is 1. The molecule has 2 heterocycles. The van der Waals surface area contributed by atoms with Crippen LogP contribution in [0.2, 0.25) is 0 Å². The van der Waals surface area contributed by atoms with Crippen molar-refractivity contribution in [3.8, 4) is 11.8 Å². The van der Waals surface area contributed by atoms with E-state index in [9.17, 15) is 9.65 Å². The van der Waals surface area contributed by atoms with Crippen molar-refractivity contribution < 1.29 is 9.13 Å². The molecule has 0 spiro atoms. The number of anilines is 3. The smallest absolute Gasteiger partial charge is 0.246 e. The van der Waals surface area contributed by atoms with Crippen LogP contribution < -0.4 is 10.2 Å². The lowest BCUT2D eigenvalue weighted by atomic mass is 10.1. The summed E-state index contributed by atoms with van der Waals surface area (Å²) >= 11 is 0. The molecule has 1 fully saturated rings. The van der Waals surface area contributed by atoms with Crippen molar-refractivity contribution in [2.75, 3.05) is 36.5 Å². The fourth-order valence-corrected chi connectivity index (χ4v) is 2.94. The average molecular weight is 364 g/mol. The van der Waals surface area contributed by atoms with E-state index in [1.54, 1.807) is 18.2 Å². The summed E-state index contributed by atoms with van der Waals surface area (Å²) in [4.78, 5) is 6.39. The van der Waals surface area contributed by atoms with E-state index in [-0.39, 0.29) is 5.82 Å². The lowest BCUT2D eigenvalue weighted by molar-refractivity contribution is 0.122. The maximum Gasteiger partial charge on any atom is 0.246 e. The van der Waals surface area contributed by atoms with Gasteiger partial charge in [0.15, 0.2) is 0 Å². The van der Waals surface area contributed by atoms with Gasteiger partial charge < -0.3 is 15.0 Å². The Morgan fingerprint density at radius 3 is 2.74 bits per heavy atom. The van der Waals surface area contributed by atoms with Gasteiger partial charge in [-0.3, -0.25) is 0 Å². The third-order valence-electron chi connectivity index (χ3n) is 4.24. The fraction of sp³-hybridized carbons (Fsp3) is 0.211. The third kappa shape index (κ3) is 3.88. The van der Waals surface area contributed by atoms with Crippen LogP contribution in [0.5, 0.6) is 0 Å². The van der Waals surface area contributed by atoms with Crippen LogP contribution in [0.1, 0.15) is 5.56 Å². The molecule has 1 aliphatic rings. The number of hydrogen-bond acceptors (Lipinski definition) is 6. The van der Waals surface area contributed by atoms with Gasteiger partial charge in [-0.15, -0.1) is 5.10 Å². The van der Waals surface area contributed by atoms with Gasteiger partial charge in [0, 0.05) is 24.5 Å². The summed E-state index contributed by atoms with van der Waals surface area (Å²) in [5.74, 6) is 0.0247. The van der Waals surface area contributed by atoms with Crippen molar-refractivity contribution in [3.05, 3.63) is 60.2 Å². The monoisotopic (exact) mass is 364 g/mol. The highest BCUT2D eigenvalue weighted by Gasteiger charge is 2.13. The summed E-state index contributed by atoms with van der Waals surface area (Å²) in [6.45, 7) is 2.89. The van der Waals surface area contributed by atoms with E-state index in [2.05, 4.69) is 26.4 Å². The first-order valence-corrected chi connectivity index (χ1v) is 8.54. The van der Waals surface area contributed by atoms with E-state index in [0.717, 1.165) is 18.8 Å². The lowest BCUT2D eigenvalue weighted by Gasteiger charge is -2.29. The average Bonchev–Trinajstić information content (AvgIpc) is 3.17. The first-order chi connectivity index (χ1) is 13.2. The second kappa shape index (κ2) is 7.43. The molecule has 1 aliphatic heterocycles. The molecule has 136 valence electrons. The van der Waals surface area contributed by atoms with Crippen molar-refractivity contribution in [1.29, 1.82) is 5.26 Å². The summed E-state index contributed by atoms with van der Waals surface area (Å²) in [5, 5.41) is 16.8. The molecule has 0 aliphatic carbocycles. The van der Waals surface area contributed by atoms with Gasteiger partial charge >= 0.3 is 0 Å². The van der Waals surface area contributed by atoms with Gasteiger partial charge in [-0.05, 0) is 36.4 Å². The Morgan fingerprint density at radius 2 is 1.96 bits per heavy atom. The van der Waals surface area contributed by atoms with Crippen LogP contribution in [0.25, 0.3) is 5.69 Å². The van der Waals surface area contributed by atoms with Crippen molar-refractivity contribution in [2.45, 2.75) is 0 Å². The molecule has 1 saturated heterocycles. The van der Waals surface area contributed by atoms with Crippen molar-refractivity contribution in [3.63, 3.8) is 0 Å². The molecular weight excluding hydrogens is 347 g/mol. The maximum absolute atomic E-state index is 13.4. The predicted octanol–water partition coefficient (Wildman–Crippen LogP) is 2.86. The molecule has 3 aromatic rings. The van der Waals surface area contributed by atoms with E-state index >= 15 is 0 Å². The predicted molar refractivity (Wildman–Crippen MR) is 98.8 cm³/mol. The summed E-state index contributed by atoms with van der Waals surface area (Å²) in [6, 6.07) is 13.9. The molecule has 4 rings (SSSR count). The van der Waals surface area contributed by atoms with Gasteiger partial charge in [0.25, 0.3) is 0 Å². The number of nitriles is 1. The van der Waals surface area contributed by atoms with Gasteiger partial charge in [0.05, 0.1) is 30.5 Å². The van der Waals surface area contributed by atoms with Crippen LogP contribution in [0, 0.1) is 17.1 Å². The number of rotatable bonds is 4. The third-order valence-corrected chi connectivity index (χ3v) is 4.24. The molecule has 8 heteroatoms. The summed E-state index contributed by atoms with van der Waals surface area (Å²) in [5.41, 5.74) is 2.79. The zero-order valence-corrected chi connectivity index (χ0v) is 14.5. The second-order valence-electron chi connectivity index (χ2n) is 6.10. The molecule has 0 atom stereocenters. The molecule has 1 aromatic heterocycles. The number of halogens is 1. The van der Waals surface area contributed by atoms with Gasteiger partial charge in [-0.25, -0.2) is 9.07 Å². The van der Waals surface area contributed by atoms with Gasteiger partial charge in [-0.2, -0.15) is 10.2 Å². The zero-order chi connectivity index (χ0) is 18.6. The van der Waals surface area contributed by atoms with Crippen LogP contribution in [0.3, 0.4) is 0 Å². The van der Waals surface area contributed by atoms with E-state index < -0.39 is 0 Å². The number of hydrogen-bond donors (Lipinski definition) is 1. The number of aromatic nitrogens is 3. The van der Waals surface area contributed by atoms with Crippen molar-refractivity contribution >= 4 is 17.3 Å². The highest BCUT2D eigenvalue weighted by atomic mass is 19.1. The Morgan fingerprint density at radius 1 is 1.11 bits per heavy atom. The van der Waals surface area contributed by atoms with Crippen molar-refractivity contribution in [1.82, 2.24) is 14.8 Å². The lowest BCUT2D eigenvalue weighted by Crippen LogP contribution is -2.36. The quantitative estimate of drug-likeness (QED) is 0.767. The Balaban J connectivity index is 1.58. The fourth-order valence-electron chi connectivity index (χ4n) is 2.94. The topological polar surface area (TPSA) is 79.0 Å². The summed E-state index contributed by atoms with van der Waals surface area (Å²) in [7, 11) is 0. The Kier molecular flexibility index (Phi) is 4.68. The molecule has 0 saturated carbocycles. The standard InChI is InChI=1S/C19H17FN6O/c20-15-2-1-3-17(10-15)26-13-22-19(24-26)23-16-8-14(12-21)9-18(11-16)25-4-6-27-7-5-25/h1-3,8-11,13H,4-7H2,(H,23,24). The SMILES string of the molecule is N#Cc1cc(Nc2ncn(-c3cccc(F)c3)n2)cc(N2CCOCC2)c1. The molecule has 0 amide bonds. The molecule has 7 nitrogen and oxygen atoms in total. The van der Waals surface area contributed by atoms with Gasteiger partial charge in [0.2, 0.25) is 5.95 Å². The minimum atomic E-state index is -0.339. The molecule has 27 heavy (non-hydrogen) atoms. The van der Waals surface area contributed by atoms with Crippen molar-refractivity contribution in [2.24, 2.45) is 0 Å². The Hall–Kier alpha value is -3.44. The van der Waals surface area contributed by atoms with Crippen LogP contribution in [0.15, 0.2) is 48.8 Å². The highest BCUT2D eigenvalue weighted by Crippen LogP contribution is 2.25. The van der Waals surface area contributed by atoms with Gasteiger partial charge in [0.1, 0.15) is 12.1 Å². The van der Waals surface area contributed by atoms with E-state index in [0.29, 0.717) is 36.1 Å². The molecule has 1 N–H and O–H groups in total. The maximum atomic E-state index is 13.4. The van der Waals surface area contributed by atoms with Crippen LogP contribution in [0.4, 0.5) is 21.7 Å². The van der Waals surface area contributed by atoms with E-state index in [1.807, 2.05) is 12.1 Å².